The highest BCUT2D eigenvalue weighted by Gasteiger charge is 2.48. The lowest BCUT2D eigenvalue weighted by Crippen LogP contribution is -2.66. The zero-order valence-electron chi connectivity index (χ0n) is 12.2. The Labute approximate surface area is 131 Å². The van der Waals surface area contributed by atoms with Crippen molar-refractivity contribution in [1.29, 1.82) is 0 Å². The van der Waals surface area contributed by atoms with Gasteiger partial charge in [-0.1, -0.05) is 0 Å². The molecule has 0 saturated carbocycles. The predicted octanol–water partition coefficient (Wildman–Crippen LogP) is -6.41. The van der Waals surface area contributed by atoms with Crippen LogP contribution < -0.4 is 5.73 Å². The molecule has 2 unspecified atom stereocenters. The lowest BCUT2D eigenvalue weighted by atomic mass is 9.87. The standard InChI is InChI=1S/C12H25NO10/c13-5(8(19)9(20)6(17)3(16)1-14)12-11(22)10(21)7(18)4(2-15)23-12/h3-12,14-22H,1-2,13H2/t3-,4-,5?,6-,7+,8+,9+,10+,11-,12?/m1/s1. The summed E-state index contributed by atoms with van der Waals surface area (Å²) in [6.07, 6.45) is -15.3. The average Bonchev–Trinajstić information content (AvgIpc) is 2.56. The number of ether oxygens (including phenoxy) is 1. The van der Waals surface area contributed by atoms with E-state index in [4.69, 9.17) is 20.7 Å². The van der Waals surface area contributed by atoms with Gasteiger partial charge in [0, 0.05) is 0 Å². The van der Waals surface area contributed by atoms with E-state index in [1.54, 1.807) is 0 Å². The molecule has 0 radical (unpaired) electrons. The van der Waals surface area contributed by atoms with Gasteiger partial charge in [-0.3, -0.25) is 0 Å². The molecule has 11 N–H and O–H groups in total. The molecule has 0 aromatic heterocycles. The largest absolute Gasteiger partial charge is 0.394 e. The smallest absolute Gasteiger partial charge is 0.111 e. The van der Waals surface area contributed by atoms with Gasteiger partial charge in [-0.05, 0) is 0 Å². The Morgan fingerprint density at radius 3 is 1.87 bits per heavy atom. The highest BCUT2D eigenvalue weighted by molar-refractivity contribution is 5.00. The van der Waals surface area contributed by atoms with Gasteiger partial charge in [0.25, 0.3) is 0 Å². The molecule has 1 fully saturated rings. The van der Waals surface area contributed by atoms with E-state index in [1.807, 2.05) is 0 Å². The molecule has 11 heteroatoms. The molecule has 0 aromatic rings. The summed E-state index contributed by atoms with van der Waals surface area (Å²) >= 11 is 0. The molecule has 10 atom stereocenters. The monoisotopic (exact) mass is 343 g/mol. The maximum absolute atomic E-state index is 9.96. The molecule has 1 rings (SSSR count). The highest BCUT2D eigenvalue weighted by atomic mass is 16.5. The van der Waals surface area contributed by atoms with Gasteiger partial charge in [-0.15, -0.1) is 0 Å². The lowest BCUT2D eigenvalue weighted by molar-refractivity contribution is -0.242. The summed E-state index contributed by atoms with van der Waals surface area (Å²) in [5.74, 6) is 0. The van der Waals surface area contributed by atoms with E-state index >= 15 is 0 Å². The first-order valence-corrected chi connectivity index (χ1v) is 7.06. The molecule has 1 saturated heterocycles. The van der Waals surface area contributed by atoms with E-state index in [-0.39, 0.29) is 0 Å². The molecule has 0 amide bonds. The Hall–Kier alpha value is -0.440. The minimum absolute atomic E-state index is 0.696. The minimum Gasteiger partial charge on any atom is -0.394 e. The second-order valence-electron chi connectivity index (χ2n) is 5.59. The van der Waals surface area contributed by atoms with Gasteiger partial charge in [-0.25, -0.2) is 0 Å². The van der Waals surface area contributed by atoms with Crippen LogP contribution in [-0.2, 0) is 4.74 Å². The van der Waals surface area contributed by atoms with Crippen LogP contribution in [0.25, 0.3) is 0 Å². The number of nitrogens with two attached hydrogens (primary N) is 1. The quantitative estimate of drug-likeness (QED) is 0.209. The molecule has 0 bridgehead atoms. The molecular formula is C12H25NO10. The summed E-state index contributed by atoms with van der Waals surface area (Å²) in [7, 11) is 0. The third-order valence-corrected chi connectivity index (χ3v) is 3.98. The number of hydrogen-bond donors (Lipinski definition) is 10. The van der Waals surface area contributed by atoms with Crippen molar-refractivity contribution in [2.75, 3.05) is 13.2 Å². The molecule has 1 aliphatic rings. The number of rotatable bonds is 7. The Morgan fingerprint density at radius 1 is 0.826 bits per heavy atom. The molecule has 138 valence electrons. The van der Waals surface area contributed by atoms with Gasteiger partial charge in [0.15, 0.2) is 0 Å². The number of aliphatic hydroxyl groups is 9. The fourth-order valence-corrected chi connectivity index (χ4v) is 2.41. The van der Waals surface area contributed by atoms with Crippen LogP contribution in [0.2, 0.25) is 0 Å². The van der Waals surface area contributed by atoms with Crippen LogP contribution in [0.1, 0.15) is 0 Å². The molecule has 0 aliphatic carbocycles. The Bertz CT molecular complexity index is 359. The van der Waals surface area contributed by atoms with E-state index in [1.165, 1.54) is 0 Å². The zero-order chi connectivity index (χ0) is 17.9. The normalized spacial score (nSPS) is 38.6. The van der Waals surface area contributed by atoms with Gasteiger partial charge in [0.1, 0.15) is 54.9 Å². The van der Waals surface area contributed by atoms with Crippen molar-refractivity contribution in [1.82, 2.24) is 0 Å². The van der Waals surface area contributed by atoms with Gasteiger partial charge in [0.2, 0.25) is 0 Å². The molecule has 11 nitrogen and oxygen atoms in total. The van der Waals surface area contributed by atoms with E-state index in [9.17, 15) is 35.7 Å². The van der Waals surface area contributed by atoms with E-state index in [0.29, 0.717) is 0 Å². The van der Waals surface area contributed by atoms with Crippen molar-refractivity contribution in [3.8, 4) is 0 Å². The Kier molecular flexibility index (Phi) is 7.70. The maximum Gasteiger partial charge on any atom is 0.111 e. The van der Waals surface area contributed by atoms with Crippen molar-refractivity contribution in [3.05, 3.63) is 0 Å². The summed E-state index contributed by atoms with van der Waals surface area (Å²) < 4.78 is 5.13. The van der Waals surface area contributed by atoms with Crippen LogP contribution >= 0.6 is 0 Å². The molecule has 1 heterocycles. The molecular weight excluding hydrogens is 318 g/mol. The van der Waals surface area contributed by atoms with Crippen LogP contribution in [0.4, 0.5) is 0 Å². The maximum atomic E-state index is 9.96. The number of hydrogen-bond acceptors (Lipinski definition) is 11. The summed E-state index contributed by atoms with van der Waals surface area (Å²) in [6, 6.07) is -1.54. The van der Waals surface area contributed by atoms with Gasteiger partial charge in [-0.2, -0.15) is 0 Å². The van der Waals surface area contributed by atoms with Crippen LogP contribution in [0.15, 0.2) is 0 Å². The molecule has 1 aliphatic heterocycles. The first kappa shape index (κ1) is 20.6. The summed E-state index contributed by atoms with van der Waals surface area (Å²) in [5.41, 5.74) is 5.66. The summed E-state index contributed by atoms with van der Waals surface area (Å²) in [6.45, 7) is -1.57. The van der Waals surface area contributed by atoms with E-state index in [0.717, 1.165) is 0 Å². The zero-order valence-corrected chi connectivity index (χ0v) is 12.2. The van der Waals surface area contributed by atoms with Gasteiger partial charge in [0.05, 0.1) is 19.3 Å². The van der Waals surface area contributed by atoms with Crippen LogP contribution in [0.5, 0.6) is 0 Å². The van der Waals surface area contributed by atoms with Crippen molar-refractivity contribution >= 4 is 0 Å². The second-order valence-corrected chi connectivity index (χ2v) is 5.59. The van der Waals surface area contributed by atoms with Crippen LogP contribution in [0.3, 0.4) is 0 Å². The fourth-order valence-electron chi connectivity index (χ4n) is 2.41. The molecule has 0 spiro atoms. The predicted molar refractivity (Wildman–Crippen MR) is 72.9 cm³/mol. The second kappa shape index (κ2) is 8.60. The van der Waals surface area contributed by atoms with Crippen molar-refractivity contribution in [3.63, 3.8) is 0 Å². The highest BCUT2D eigenvalue weighted by Crippen LogP contribution is 2.24. The molecule has 23 heavy (non-hydrogen) atoms. The van der Waals surface area contributed by atoms with Crippen molar-refractivity contribution in [2.24, 2.45) is 5.73 Å². The van der Waals surface area contributed by atoms with Crippen LogP contribution in [-0.4, -0.2) is 120 Å². The van der Waals surface area contributed by atoms with Gasteiger partial charge < -0.3 is 56.4 Å². The van der Waals surface area contributed by atoms with Gasteiger partial charge >= 0.3 is 0 Å². The van der Waals surface area contributed by atoms with Crippen molar-refractivity contribution < 1.29 is 50.7 Å². The topological polar surface area (TPSA) is 217 Å². The van der Waals surface area contributed by atoms with Crippen molar-refractivity contribution in [2.45, 2.75) is 61.0 Å². The average molecular weight is 343 g/mol. The van der Waals surface area contributed by atoms with E-state index in [2.05, 4.69) is 0 Å². The SMILES string of the molecule is NC(C1O[C@H](CO)[C@H](O)[C@H](O)[C@H]1O)[C@H](O)[C@@H](O)[C@H](O)[C@H](O)CO. The Morgan fingerprint density at radius 2 is 1.39 bits per heavy atom. The number of aliphatic hydroxyl groups excluding tert-OH is 9. The summed E-state index contributed by atoms with van der Waals surface area (Å²) in [4.78, 5) is 0. The Balaban J connectivity index is 2.83. The summed E-state index contributed by atoms with van der Waals surface area (Å²) in [5, 5.41) is 85.5. The lowest BCUT2D eigenvalue weighted by Gasteiger charge is -2.44. The van der Waals surface area contributed by atoms with Crippen LogP contribution in [0, 0.1) is 0 Å². The minimum atomic E-state index is -1.99. The fraction of sp³-hybridized carbons (Fsp3) is 1.00. The first-order valence-electron chi connectivity index (χ1n) is 7.06. The van der Waals surface area contributed by atoms with E-state index < -0.39 is 74.2 Å². The molecule has 0 aromatic carbocycles. The third kappa shape index (κ3) is 4.35. The third-order valence-electron chi connectivity index (χ3n) is 3.98. The first-order chi connectivity index (χ1) is 10.7.